The minimum atomic E-state index is -1.02. The van der Waals surface area contributed by atoms with Crippen molar-refractivity contribution >= 4 is 58.3 Å². The molecule has 2 rings (SSSR count). The SMILES string of the molecule is CSC(=O)OCc1ccc(NC(=O)[C@H](CCCNC(N)=O)NC(=O)[C@@H](NC(=O)COCCOCCN2C(=O)C=CC2=O)C(C)C)cc1. The van der Waals surface area contributed by atoms with E-state index >= 15 is 0 Å². The third-order valence-corrected chi connectivity index (χ3v) is 7.03. The number of primary amides is 1. The van der Waals surface area contributed by atoms with Crippen LogP contribution in [0.2, 0.25) is 0 Å². The van der Waals surface area contributed by atoms with Gasteiger partial charge >= 0.3 is 11.3 Å². The third-order valence-electron chi connectivity index (χ3n) is 6.58. The van der Waals surface area contributed by atoms with Crippen LogP contribution in [0.15, 0.2) is 36.4 Å². The predicted molar refractivity (Wildman–Crippen MR) is 172 cm³/mol. The van der Waals surface area contributed by atoms with E-state index in [1.807, 2.05) is 0 Å². The number of urea groups is 1. The standard InChI is InChI=1S/C30H42N6O10S/c1-19(2)26(35-23(37)18-45-16-15-44-14-13-36-24(38)10-11-25(36)39)28(41)34-22(5-4-12-32-29(31)42)27(40)33-21-8-6-20(7-9-21)17-46-30(43)47-3/h6-11,19,22,26H,4-5,12-18H2,1-3H3,(H,33,40)(H,34,41)(H,35,37)(H3,31,32,42)/t22-,26-/m0/s1. The van der Waals surface area contributed by atoms with Crippen molar-refractivity contribution in [2.45, 2.75) is 45.4 Å². The first-order valence-corrected chi connectivity index (χ1v) is 16.1. The van der Waals surface area contributed by atoms with Gasteiger partial charge in [0.25, 0.3) is 11.8 Å². The molecule has 6 N–H and O–H groups in total. The Bertz CT molecular complexity index is 1270. The smallest absolute Gasteiger partial charge is 0.367 e. The number of nitrogens with zero attached hydrogens (tertiary/aromatic N) is 1. The van der Waals surface area contributed by atoms with E-state index in [1.165, 1.54) is 12.2 Å². The number of anilines is 1. The second-order valence-electron chi connectivity index (χ2n) is 10.5. The first-order valence-electron chi connectivity index (χ1n) is 14.8. The van der Waals surface area contributed by atoms with Gasteiger partial charge in [0.05, 0.1) is 26.4 Å². The molecule has 0 fully saturated rings. The minimum Gasteiger partial charge on any atom is -0.453 e. The first-order chi connectivity index (χ1) is 22.4. The largest absolute Gasteiger partial charge is 0.453 e. The van der Waals surface area contributed by atoms with Crippen molar-refractivity contribution < 1.29 is 47.8 Å². The zero-order chi connectivity index (χ0) is 34.8. The monoisotopic (exact) mass is 678 g/mol. The molecule has 0 saturated heterocycles. The Balaban J connectivity index is 1.88. The van der Waals surface area contributed by atoms with E-state index in [4.69, 9.17) is 19.9 Å². The van der Waals surface area contributed by atoms with E-state index in [-0.39, 0.29) is 58.5 Å². The van der Waals surface area contributed by atoms with E-state index in [1.54, 1.807) is 44.4 Å². The van der Waals surface area contributed by atoms with Crippen LogP contribution in [0.25, 0.3) is 0 Å². The molecule has 258 valence electrons. The number of rotatable bonds is 20. The maximum atomic E-state index is 13.3. The van der Waals surface area contributed by atoms with E-state index in [0.29, 0.717) is 17.7 Å². The number of benzene rings is 1. The number of amides is 7. The third kappa shape index (κ3) is 14.7. The van der Waals surface area contributed by atoms with Gasteiger partial charge in [0.2, 0.25) is 17.7 Å². The Morgan fingerprint density at radius 3 is 2.19 bits per heavy atom. The van der Waals surface area contributed by atoms with E-state index in [9.17, 15) is 33.6 Å². The second kappa shape index (κ2) is 20.6. The molecule has 0 unspecified atom stereocenters. The Morgan fingerprint density at radius 2 is 1.57 bits per heavy atom. The number of nitrogens with one attached hydrogen (secondary N) is 4. The summed E-state index contributed by atoms with van der Waals surface area (Å²) >= 11 is 0.954. The zero-order valence-electron chi connectivity index (χ0n) is 26.6. The number of imide groups is 1. The number of thioether (sulfide) groups is 1. The van der Waals surface area contributed by atoms with Crippen LogP contribution < -0.4 is 27.0 Å². The lowest BCUT2D eigenvalue weighted by molar-refractivity contribution is -0.138. The Labute approximate surface area is 276 Å². The molecule has 1 aliphatic heterocycles. The van der Waals surface area contributed by atoms with Crippen molar-refractivity contribution in [1.82, 2.24) is 20.9 Å². The number of nitrogens with two attached hydrogens (primary N) is 1. The number of carbonyl (C=O) groups is 7. The summed E-state index contributed by atoms with van der Waals surface area (Å²) in [6.45, 7) is 3.72. The molecular formula is C30H42N6O10S. The van der Waals surface area contributed by atoms with Gasteiger partial charge in [0.1, 0.15) is 25.3 Å². The van der Waals surface area contributed by atoms with Crippen LogP contribution in [-0.4, -0.2) is 104 Å². The molecule has 1 aromatic carbocycles. The number of ether oxygens (including phenoxy) is 3. The van der Waals surface area contributed by atoms with Crippen molar-refractivity contribution in [3.8, 4) is 0 Å². The van der Waals surface area contributed by atoms with Gasteiger partial charge < -0.3 is 41.2 Å². The molecular weight excluding hydrogens is 636 g/mol. The quantitative estimate of drug-likeness (QED) is 0.0732. The van der Waals surface area contributed by atoms with E-state index in [0.717, 1.165) is 16.7 Å². The average molecular weight is 679 g/mol. The van der Waals surface area contributed by atoms with Gasteiger partial charge in [-0.05, 0) is 54.5 Å². The molecule has 1 heterocycles. The number of carbonyl (C=O) groups excluding carboxylic acids is 7. The molecule has 0 aliphatic carbocycles. The highest BCUT2D eigenvalue weighted by Crippen LogP contribution is 2.14. The summed E-state index contributed by atoms with van der Waals surface area (Å²) in [6.07, 6.45) is 4.45. The van der Waals surface area contributed by atoms with Crippen LogP contribution in [0.1, 0.15) is 32.3 Å². The fraction of sp³-hybridized carbons (Fsp3) is 0.500. The molecule has 0 spiro atoms. The maximum absolute atomic E-state index is 13.3. The molecule has 0 aromatic heterocycles. The zero-order valence-corrected chi connectivity index (χ0v) is 27.4. The van der Waals surface area contributed by atoms with Crippen molar-refractivity contribution in [1.29, 1.82) is 0 Å². The summed E-state index contributed by atoms with van der Waals surface area (Å²) in [5, 5.41) is 10.1. The van der Waals surface area contributed by atoms with Crippen molar-refractivity contribution in [3.05, 3.63) is 42.0 Å². The second-order valence-corrected chi connectivity index (χ2v) is 11.3. The van der Waals surface area contributed by atoms with Crippen LogP contribution in [0, 0.1) is 5.92 Å². The summed E-state index contributed by atoms with van der Waals surface area (Å²) in [6, 6.07) is 3.89. The highest BCUT2D eigenvalue weighted by atomic mass is 32.2. The number of hydrogen-bond acceptors (Lipinski definition) is 11. The normalized spacial score (nSPS) is 13.7. The molecule has 47 heavy (non-hydrogen) atoms. The molecule has 16 nitrogen and oxygen atoms in total. The van der Waals surface area contributed by atoms with E-state index in [2.05, 4.69) is 21.3 Å². The van der Waals surface area contributed by atoms with Crippen LogP contribution in [-0.2, 0) is 44.8 Å². The lowest BCUT2D eigenvalue weighted by atomic mass is 10.0. The molecule has 1 aliphatic rings. The number of hydrogen-bond donors (Lipinski definition) is 5. The van der Waals surface area contributed by atoms with Gasteiger partial charge in [0.15, 0.2) is 0 Å². The van der Waals surface area contributed by atoms with Gasteiger partial charge in [-0.25, -0.2) is 9.59 Å². The maximum Gasteiger partial charge on any atom is 0.367 e. The van der Waals surface area contributed by atoms with Crippen LogP contribution in [0.4, 0.5) is 15.3 Å². The minimum absolute atomic E-state index is 0.0532. The fourth-order valence-electron chi connectivity index (χ4n) is 4.11. The summed E-state index contributed by atoms with van der Waals surface area (Å²) in [4.78, 5) is 85.6. The highest BCUT2D eigenvalue weighted by molar-refractivity contribution is 8.12. The fourth-order valence-corrected chi connectivity index (χ4v) is 4.28. The van der Waals surface area contributed by atoms with Crippen LogP contribution >= 0.6 is 11.8 Å². The molecule has 17 heteroatoms. The van der Waals surface area contributed by atoms with Gasteiger partial charge in [-0.15, -0.1) is 0 Å². The topological polar surface area (TPSA) is 225 Å². The summed E-state index contributed by atoms with van der Waals surface area (Å²) < 4.78 is 15.7. The van der Waals surface area contributed by atoms with Crippen LogP contribution in [0.3, 0.4) is 0 Å². The molecule has 0 saturated carbocycles. The molecule has 0 bridgehead atoms. The Kier molecular flexibility index (Phi) is 17.0. The first kappa shape index (κ1) is 38.7. The average Bonchev–Trinajstić information content (AvgIpc) is 3.35. The van der Waals surface area contributed by atoms with E-state index < -0.39 is 53.0 Å². The highest BCUT2D eigenvalue weighted by Gasteiger charge is 2.29. The predicted octanol–water partition coefficient (Wildman–Crippen LogP) is 0.657. The molecule has 7 amide bonds. The van der Waals surface area contributed by atoms with Gasteiger partial charge in [-0.3, -0.25) is 28.9 Å². The Hall–Kier alpha value is -4.48. The van der Waals surface area contributed by atoms with Crippen molar-refractivity contribution in [2.75, 3.05) is 51.1 Å². The summed E-state index contributed by atoms with van der Waals surface area (Å²) in [7, 11) is 0. The summed E-state index contributed by atoms with van der Waals surface area (Å²) in [5.74, 6) is -2.83. The Morgan fingerprint density at radius 1 is 0.915 bits per heavy atom. The molecule has 1 aromatic rings. The van der Waals surface area contributed by atoms with Gasteiger partial charge in [0, 0.05) is 24.4 Å². The molecule has 2 atom stereocenters. The van der Waals surface area contributed by atoms with Crippen molar-refractivity contribution in [2.24, 2.45) is 11.7 Å². The lowest BCUT2D eigenvalue weighted by Crippen LogP contribution is -2.55. The van der Waals surface area contributed by atoms with Crippen molar-refractivity contribution in [3.63, 3.8) is 0 Å². The molecule has 0 radical (unpaired) electrons. The van der Waals surface area contributed by atoms with Gasteiger partial charge in [-0.2, -0.15) is 0 Å². The van der Waals surface area contributed by atoms with Gasteiger partial charge in [-0.1, -0.05) is 26.0 Å². The summed E-state index contributed by atoms with van der Waals surface area (Å²) in [5.41, 5.74) is 6.27. The lowest BCUT2D eigenvalue weighted by Gasteiger charge is -2.25. The van der Waals surface area contributed by atoms with Crippen LogP contribution in [0.5, 0.6) is 0 Å².